The lowest BCUT2D eigenvalue weighted by molar-refractivity contribution is -0.136. The van der Waals surface area contributed by atoms with Crippen LogP contribution < -0.4 is 9.64 Å². The Hall–Kier alpha value is -3.28. The highest BCUT2D eigenvalue weighted by Crippen LogP contribution is 2.36. The van der Waals surface area contributed by atoms with Crippen molar-refractivity contribution < 1.29 is 24.5 Å². The number of phenols is 1. The van der Waals surface area contributed by atoms with E-state index in [0.29, 0.717) is 17.0 Å². The van der Waals surface area contributed by atoms with Gasteiger partial charge in [0, 0.05) is 5.56 Å². The number of carbonyl (C=O) groups is 2. The first-order chi connectivity index (χ1) is 11.5. The number of aromatic hydroxyl groups is 1. The van der Waals surface area contributed by atoms with Gasteiger partial charge in [-0.25, -0.2) is 4.79 Å². The van der Waals surface area contributed by atoms with Crippen LogP contribution in [0.3, 0.4) is 0 Å². The maximum absolute atomic E-state index is 11.8. The smallest absolute Gasteiger partial charge is 0.331 e. The molecule has 122 valence electrons. The van der Waals surface area contributed by atoms with Crippen LogP contribution in [0, 0.1) is 0 Å². The van der Waals surface area contributed by atoms with Gasteiger partial charge >= 0.3 is 11.9 Å². The molecule has 0 saturated heterocycles. The Kier molecular flexibility index (Phi) is 4.20. The molecule has 2 N–H and O–H groups in total. The van der Waals surface area contributed by atoms with Crippen molar-refractivity contribution in [2.45, 2.75) is 0 Å². The lowest BCUT2D eigenvalue weighted by Gasteiger charge is -2.29. The average Bonchev–Trinajstić information content (AvgIpc) is 2.54. The fourth-order valence-electron chi connectivity index (χ4n) is 2.50. The molecule has 1 heterocycles. The minimum absolute atomic E-state index is 0.0928. The van der Waals surface area contributed by atoms with Gasteiger partial charge in [-0.3, -0.25) is 4.79 Å². The predicted molar refractivity (Wildman–Crippen MR) is 89.0 cm³/mol. The van der Waals surface area contributed by atoms with E-state index in [1.807, 2.05) is 6.08 Å². The number of benzene rings is 2. The van der Waals surface area contributed by atoms with Crippen LogP contribution in [-0.2, 0) is 9.59 Å². The Morgan fingerprint density at radius 3 is 2.62 bits per heavy atom. The first-order valence-corrected chi connectivity index (χ1v) is 7.30. The Bertz CT molecular complexity index is 811. The van der Waals surface area contributed by atoms with Crippen molar-refractivity contribution >= 4 is 29.8 Å². The molecule has 0 radical (unpaired) electrons. The van der Waals surface area contributed by atoms with Crippen LogP contribution >= 0.6 is 0 Å². The second-order valence-electron chi connectivity index (χ2n) is 5.34. The number of phenolic OH excluding ortho intramolecular Hbond substituents is 1. The molecule has 0 saturated carbocycles. The molecule has 6 heteroatoms. The number of fused-ring (bicyclic) bond motifs is 1. The number of nitrogens with zero attached hydrogens (tertiary/aromatic N) is 1. The summed E-state index contributed by atoms with van der Waals surface area (Å²) in [5, 5.41) is 18.3. The summed E-state index contributed by atoms with van der Waals surface area (Å²) in [7, 11) is 0. The molecule has 0 fully saturated rings. The number of rotatable bonds is 4. The number of hydrogen-bond donors (Lipinski definition) is 2. The normalized spacial score (nSPS) is 13.7. The molecule has 0 aromatic heterocycles. The number of hydrogen-bond acceptors (Lipinski definition) is 5. The lowest BCUT2D eigenvalue weighted by Crippen LogP contribution is -2.40. The highest BCUT2D eigenvalue weighted by atomic mass is 16.5. The third-order valence-corrected chi connectivity index (χ3v) is 3.58. The topological polar surface area (TPSA) is 87.1 Å². The van der Waals surface area contributed by atoms with Crippen LogP contribution in [0.4, 0.5) is 5.69 Å². The van der Waals surface area contributed by atoms with E-state index in [1.54, 1.807) is 48.5 Å². The number of carboxylic acid groups (broad SMARTS) is 1. The van der Waals surface area contributed by atoms with E-state index in [-0.39, 0.29) is 18.8 Å². The first-order valence-electron chi connectivity index (χ1n) is 7.30. The van der Waals surface area contributed by atoms with Gasteiger partial charge in [-0.1, -0.05) is 36.4 Å². The van der Waals surface area contributed by atoms with E-state index in [0.717, 1.165) is 5.56 Å². The number of carboxylic acids is 1. The van der Waals surface area contributed by atoms with E-state index in [9.17, 15) is 14.7 Å². The molecule has 0 unspecified atom stereocenters. The monoisotopic (exact) mass is 325 g/mol. The molecule has 2 aromatic carbocycles. The zero-order valence-corrected chi connectivity index (χ0v) is 12.7. The minimum Gasteiger partial charge on any atom is -0.508 e. The summed E-state index contributed by atoms with van der Waals surface area (Å²) in [4.78, 5) is 24.2. The Morgan fingerprint density at radius 1 is 1.17 bits per heavy atom. The maximum Gasteiger partial charge on any atom is 0.331 e. The molecule has 0 bridgehead atoms. The van der Waals surface area contributed by atoms with Gasteiger partial charge in [0.1, 0.15) is 18.8 Å². The van der Waals surface area contributed by atoms with E-state index in [4.69, 9.17) is 9.84 Å². The second kappa shape index (κ2) is 6.45. The van der Waals surface area contributed by atoms with Crippen LogP contribution in [0.1, 0.15) is 11.1 Å². The number of esters is 1. The largest absolute Gasteiger partial charge is 0.508 e. The first kappa shape index (κ1) is 15.6. The van der Waals surface area contributed by atoms with Gasteiger partial charge < -0.3 is 19.8 Å². The van der Waals surface area contributed by atoms with Crippen LogP contribution in [0.15, 0.2) is 42.5 Å². The van der Waals surface area contributed by atoms with Gasteiger partial charge in [-0.15, -0.1) is 0 Å². The lowest BCUT2D eigenvalue weighted by atomic mass is 10.1. The zero-order chi connectivity index (χ0) is 17.1. The molecule has 1 aliphatic rings. The van der Waals surface area contributed by atoms with E-state index >= 15 is 0 Å². The summed E-state index contributed by atoms with van der Waals surface area (Å²) in [5.41, 5.74) is 2.11. The van der Waals surface area contributed by atoms with Gasteiger partial charge in [0.15, 0.2) is 5.75 Å². The molecule has 0 spiro atoms. The molecule has 0 atom stereocenters. The van der Waals surface area contributed by atoms with Crippen molar-refractivity contribution in [3.8, 4) is 11.5 Å². The fourth-order valence-corrected chi connectivity index (χ4v) is 2.50. The molecule has 3 rings (SSSR count). The van der Waals surface area contributed by atoms with Gasteiger partial charge in [0.25, 0.3) is 0 Å². The molecule has 6 nitrogen and oxygen atoms in total. The highest BCUT2D eigenvalue weighted by molar-refractivity contribution is 5.90. The maximum atomic E-state index is 11.8. The van der Waals surface area contributed by atoms with Crippen LogP contribution in [0.2, 0.25) is 0 Å². The number of ether oxygens (including phenoxy) is 1. The quantitative estimate of drug-likeness (QED) is 0.510. The average molecular weight is 325 g/mol. The summed E-state index contributed by atoms with van der Waals surface area (Å²) in [6.45, 7) is -0.363. The molecule has 2 aromatic rings. The zero-order valence-electron chi connectivity index (χ0n) is 12.7. The summed E-state index contributed by atoms with van der Waals surface area (Å²) >= 11 is 0. The third-order valence-electron chi connectivity index (χ3n) is 3.58. The Labute approximate surface area is 138 Å². The number of anilines is 1. The summed E-state index contributed by atoms with van der Waals surface area (Å²) < 4.78 is 5.32. The van der Waals surface area contributed by atoms with Gasteiger partial charge in [-0.2, -0.15) is 0 Å². The van der Waals surface area contributed by atoms with Crippen molar-refractivity contribution in [3.05, 3.63) is 53.6 Å². The fraction of sp³-hybridized carbons (Fsp3) is 0.111. The molecular weight excluding hydrogens is 310 g/mol. The standard InChI is InChI=1S/C18H15NO5/c20-14-8-5-12(6-9-14)4-7-13-2-1-3-15-18(13)24-17(23)11-19(15)10-16(21)22/h1-9,20H,10-11H2,(H,21,22)/b7-4+. The summed E-state index contributed by atoms with van der Waals surface area (Å²) in [5.74, 6) is -0.970. The van der Waals surface area contributed by atoms with Crippen molar-refractivity contribution in [1.29, 1.82) is 0 Å². The summed E-state index contributed by atoms with van der Waals surface area (Å²) in [6.07, 6.45) is 3.60. The molecular formula is C18H15NO5. The van der Waals surface area contributed by atoms with E-state index in [2.05, 4.69) is 0 Å². The van der Waals surface area contributed by atoms with Gasteiger partial charge in [0.05, 0.1) is 5.69 Å². The second-order valence-corrected chi connectivity index (χ2v) is 5.34. The van der Waals surface area contributed by atoms with Gasteiger partial charge in [-0.05, 0) is 23.8 Å². The summed E-state index contributed by atoms with van der Waals surface area (Å²) in [6, 6.07) is 12.0. The molecule has 0 aliphatic carbocycles. The molecule has 1 aliphatic heterocycles. The predicted octanol–water partition coefficient (Wildman–Crippen LogP) is 2.37. The van der Waals surface area contributed by atoms with Crippen molar-refractivity contribution in [2.24, 2.45) is 0 Å². The van der Waals surface area contributed by atoms with E-state index in [1.165, 1.54) is 4.90 Å². The van der Waals surface area contributed by atoms with Crippen LogP contribution in [0.25, 0.3) is 12.2 Å². The molecule has 24 heavy (non-hydrogen) atoms. The Morgan fingerprint density at radius 2 is 1.92 bits per heavy atom. The van der Waals surface area contributed by atoms with Crippen molar-refractivity contribution in [2.75, 3.05) is 18.0 Å². The van der Waals surface area contributed by atoms with Gasteiger partial charge in [0.2, 0.25) is 0 Å². The van der Waals surface area contributed by atoms with Crippen molar-refractivity contribution in [3.63, 3.8) is 0 Å². The number of aliphatic carboxylic acids is 1. The van der Waals surface area contributed by atoms with E-state index < -0.39 is 11.9 Å². The highest BCUT2D eigenvalue weighted by Gasteiger charge is 2.26. The minimum atomic E-state index is -1.01. The van der Waals surface area contributed by atoms with Crippen molar-refractivity contribution in [1.82, 2.24) is 0 Å². The van der Waals surface area contributed by atoms with Crippen LogP contribution in [0.5, 0.6) is 11.5 Å². The third kappa shape index (κ3) is 3.38. The number of carbonyl (C=O) groups excluding carboxylic acids is 1. The van der Waals surface area contributed by atoms with Crippen LogP contribution in [-0.4, -0.2) is 35.2 Å². The number of para-hydroxylation sites is 1. The molecule has 0 amide bonds. The Balaban J connectivity index is 1.94. The SMILES string of the molecule is O=C(O)CN1CC(=O)Oc2c(/C=C/c3ccc(O)cc3)cccc21.